The van der Waals surface area contributed by atoms with E-state index in [4.69, 9.17) is 13.9 Å². The SMILES string of the molecule is COc1ccc(C2CC(c3ccc(NS(C)(=O)=O)cc3)=NN2C(=O)c2ccco2)c(OC)c1. The lowest BCUT2D eigenvalue weighted by molar-refractivity contribution is 0.0677. The van der Waals surface area contributed by atoms with E-state index in [-0.39, 0.29) is 11.7 Å². The van der Waals surface area contributed by atoms with Gasteiger partial charge in [-0.25, -0.2) is 13.4 Å². The molecule has 1 amide bonds. The highest BCUT2D eigenvalue weighted by molar-refractivity contribution is 7.92. The normalized spacial score (nSPS) is 15.8. The smallest absolute Gasteiger partial charge is 0.310 e. The van der Waals surface area contributed by atoms with Gasteiger partial charge in [-0.05, 0) is 42.0 Å². The number of hydrazone groups is 1. The molecule has 1 aliphatic heterocycles. The maximum atomic E-state index is 13.2. The Labute approximate surface area is 191 Å². The maximum Gasteiger partial charge on any atom is 0.310 e. The standard InChI is InChI=1S/C23H23N3O6S/c1-30-17-10-11-18(22(13-17)31-2)20-14-19(24-26(20)23(27)21-5-4-12-32-21)15-6-8-16(9-7-15)25-33(3,28)29/h4-13,20,25H,14H2,1-3H3. The van der Waals surface area contributed by atoms with Crippen LogP contribution < -0.4 is 14.2 Å². The van der Waals surface area contributed by atoms with Crippen LogP contribution in [0.3, 0.4) is 0 Å². The molecule has 0 spiro atoms. The fourth-order valence-corrected chi connectivity index (χ4v) is 4.23. The predicted octanol–water partition coefficient (Wildman–Crippen LogP) is 3.66. The summed E-state index contributed by atoms with van der Waals surface area (Å²) in [5, 5.41) is 6.00. The molecule has 1 unspecified atom stereocenters. The molecule has 1 aliphatic rings. The molecule has 0 saturated heterocycles. The van der Waals surface area contributed by atoms with E-state index in [0.29, 0.717) is 29.3 Å². The third-order valence-corrected chi connectivity index (χ3v) is 5.78. The third kappa shape index (κ3) is 4.85. The molecule has 1 atom stereocenters. The van der Waals surface area contributed by atoms with E-state index < -0.39 is 16.1 Å². The Hall–Kier alpha value is -3.79. The summed E-state index contributed by atoms with van der Waals surface area (Å²) in [6.07, 6.45) is 2.95. The van der Waals surface area contributed by atoms with Crippen molar-refractivity contribution in [2.24, 2.45) is 5.10 Å². The number of sulfonamides is 1. The lowest BCUT2D eigenvalue weighted by Gasteiger charge is -2.23. The van der Waals surface area contributed by atoms with Crippen molar-refractivity contribution in [1.29, 1.82) is 0 Å². The molecule has 3 aromatic rings. The van der Waals surface area contributed by atoms with Crippen LogP contribution in [0.25, 0.3) is 0 Å². The fourth-order valence-electron chi connectivity index (χ4n) is 3.67. The zero-order valence-electron chi connectivity index (χ0n) is 18.3. The Balaban J connectivity index is 1.70. The van der Waals surface area contributed by atoms with Crippen LogP contribution in [0.5, 0.6) is 11.5 Å². The molecular weight excluding hydrogens is 446 g/mol. The van der Waals surface area contributed by atoms with Gasteiger partial charge in [0.05, 0.1) is 38.5 Å². The fraction of sp³-hybridized carbons (Fsp3) is 0.217. The summed E-state index contributed by atoms with van der Waals surface area (Å²) in [6.45, 7) is 0. The molecule has 0 fully saturated rings. The first-order valence-corrected chi connectivity index (χ1v) is 11.9. The number of benzene rings is 2. The van der Waals surface area contributed by atoms with Gasteiger partial charge in [0, 0.05) is 23.7 Å². The van der Waals surface area contributed by atoms with Crippen LogP contribution in [0.2, 0.25) is 0 Å². The Morgan fingerprint density at radius 1 is 1.12 bits per heavy atom. The summed E-state index contributed by atoms with van der Waals surface area (Å²) in [7, 11) is -0.254. The molecule has 9 nitrogen and oxygen atoms in total. The summed E-state index contributed by atoms with van der Waals surface area (Å²) in [5.74, 6) is 0.992. The van der Waals surface area contributed by atoms with Gasteiger partial charge in [0.15, 0.2) is 5.76 Å². The number of carbonyl (C=O) groups is 1. The zero-order valence-corrected chi connectivity index (χ0v) is 19.1. The number of hydrogen-bond acceptors (Lipinski definition) is 7. The van der Waals surface area contributed by atoms with Crippen molar-refractivity contribution in [2.75, 3.05) is 25.2 Å². The highest BCUT2D eigenvalue weighted by atomic mass is 32.2. The summed E-state index contributed by atoms with van der Waals surface area (Å²) in [6, 6.07) is 15.0. The average molecular weight is 470 g/mol. The highest BCUT2D eigenvalue weighted by Gasteiger charge is 2.36. The molecule has 1 aromatic heterocycles. The van der Waals surface area contributed by atoms with Gasteiger partial charge >= 0.3 is 5.91 Å². The quantitative estimate of drug-likeness (QED) is 0.565. The third-order valence-electron chi connectivity index (χ3n) is 5.17. The Bertz CT molecular complexity index is 1280. The van der Waals surface area contributed by atoms with Crippen LogP contribution in [0.4, 0.5) is 5.69 Å². The Morgan fingerprint density at radius 2 is 1.88 bits per heavy atom. The summed E-state index contributed by atoms with van der Waals surface area (Å²) < 4.78 is 41.5. The van der Waals surface area contributed by atoms with Gasteiger partial charge in [0.25, 0.3) is 0 Å². The second-order valence-electron chi connectivity index (χ2n) is 7.45. The molecular formula is C23H23N3O6S. The number of carbonyl (C=O) groups excluding carboxylic acids is 1. The van der Waals surface area contributed by atoms with E-state index in [0.717, 1.165) is 17.4 Å². The molecule has 33 heavy (non-hydrogen) atoms. The Kier molecular flexibility index (Phi) is 6.10. The molecule has 4 rings (SSSR count). The maximum absolute atomic E-state index is 13.2. The summed E-state index contributed by atoms with van der Waals surface area (Å²) in [5.41, 5.74) is 2.65. The van der Waals surface area contributed by atoms with Crippen LogP contribution in [0, 0.1) is 0 Å². The first-order chi connectivity index (χ1) is 15.8. The van der Waals surface area contributed by atoms with E-state index >= 15 is 0 Å². The van der Waals surface area contributed by atoms with E-state index in [9.17, 15) is 13.2 Å². The molecule has 10 heteroatoms. The zero-order chi connectivity index (χ0) is 23.6. The van der Waals surface area contributed by atoms with E-state index in [1.807, 2.05) is 6.07 Å². The molecule has 0 saturated carbocycles. The largest absolute Gasteiger partial charge is 0.497 e. The van der Waals surface area contributed by atoms with Crippen LogP contribution >= 0.6 is 0 Å². The average Bonchev–Trinajstić information content (AvgIpc) is 3.48. The van der Waals surface area contributed by atoms with Crippen molar-refractivity contribution >= 4 is 27.3 Å². The number of furan rings is 1. The van der Waals surface area contributed by atoms with E-state index in [1.165, 1.54) is 11.3 Å². The number of amides is 1. The molecule has 0 bridgehead atoms. The number of nitrogens with one attached hydrogen (secondary N) is 1. The van der Waals surface area contributed by atoms with Crippen molar-refractivity contribution in [3.8, 4) is 11.5 Å². The van der Waals surface area contributed by atoms with Gasteiger partial charge in [0.2, 0.25) is 10.0 Å². The molecule has 1 N–H and O–H groups in total. The first kappa shape index (κ1) is 22.4. The van der Waals surface area contributed by atoms with Gasteiger partial charge in [-0.2, -0.15) is 5.10 Å². The minimum Gasteiger partial charge on any atom is -0.497 e. The topological polar surface area (TPSA) is 110 Å². The van der Waals surface area contributed by atoms with Gasteiger partial charge in [-0.15, -0.1) is 0 Å². The van der Waals surface area contributed by atoms with Crippen molar-refractivity contribution in [3.05, 3.63) is 77.7 Å². The first-order valence-electron chi connectivity index (χ1n) is 10.0. The number of methoxy groups -OCH3 is 2. The number of anilines is 1. The number of nitrogens with zero attached hydrogens (tertiary/aromatic N) is 2. The minimum atomic E-state index is -3.38. The predicted molar refractivity (Wildman–Crippen MR) is 123 cm³/mol. The van der Waals surface area contributed by atoms with E-state index in [2.05, 4.69) is 9.82 Å². The summed E-state index contributed by atoms with van der Waals surface area (Å²) >= 11 is 0. The number of rotatable bonds is 7. The van der Waals surface area contributed by atoms with Crippen molar-refractivity contribution in [1.82, 2.24) is 5.01 Å². The van der Waals surface area contributed by atoms with Gasteiger partial charge < -0.3 is 13.9 Å². The lowest BCUT2D eigenvalue weighted by Crippen LogP contribution is -2.27. The Morgan fingerprint density at radius 3 is 2.48 bits per heavy atom. The highest BCUT2D eigenvalue weighted by Crippen LogP contribution is 2.39. The monoisotopic (exact) mass is 469 g/mol. The second-order valence-corrected chi connectivity index (χ2v) is 9.20. The van der Waals surface area contributed by atoms with Crippen LogP contribution in [-0.4, -0.2) is 45.5 Å². The van der Waals surface area contributed by atoms with Crippen molar-refractivity contribution < 1.29 is 27.1 Å². The van der Waals surface area contributed by atoms with Gasteiger partial charge in [-0.1, -0.05) is 12.1 Å². The van der Waals surface area contributed by atoms with Gasteiger partial charge in [-0.3, -0.25) is 9.52 Å². The summed E-state index contributed by atoms with van der Waals surface area (Å²) in [4.78, 5) is 13.2. The van der Waals surface area contributed by atoms with Gasteiger partial charge in [0.1, 0.15) is 11.5 Å². The molecule has 2 aromatic carbocycles. The van der Waals surface area contributed by atoms with Crippen molar-refractivity contribution in [2.45, 2.75) is 12.5 Å². The molecule has 2 heterocycles. The lowest BCUT2D eigenvalue weighted by atomic mass is 9.97. The molecule has 0 radical (unpaired) electrons. The van der Waals surface area contributed by atoms with Crippen LogP contribution in [0.15, 0.2) is 70.4 Å². The van der Waals surface area contributed by atoms with E-state index in [1.54, 1.807) is 62.8 Å². The van der Waals surface area contributed by atoms with Crippen LogP contribution in [-0.2, 0) is 10.0 Å². The number of ether oxygens (including phenoxy) is 2. The van der Waals surface area contributed by atoms with Crippen LogP contribution in [0.1, 0.15) is 34.1 Å². The second kappa shape index (κ2) is 8.99. The minimum absolute atomic E-state index is 0.171. The molecule has 172 valence electrons. The van der Waals surface area contributed by atoms with Crippen molar-refractivity contribution in [3.63, 3.8) is 0 Å². The number of hydrogen-bond donors (Lipinski definition) is 1. The molecule has 0 aliphatic carbocycles.